The average molecular weight is 384 g/mol. The zero-order valence-electron chi connectivity index (χ0n) is 14.7. The first kappa shape index (κ1) is 17.4. The van der Waals surface area contributed by atoms with Crippen molar-refractivity contribution in [2.24, 2.45) is 0 Å². The molecule has 1 unspecified atom stereocenters. The number of hydrogen-bond acceptors (Lipinski definition) is 5. The van der Waals surface area contributed by atoms with Crippen molar-refractivity contribution in [1.29, 1.82) is 0 Å². The molecule has 134 valence electrons. The molecule has 3 aromatic rings. The maximum atomic E-state index is 12.7. The summed E-state index contributed by atoms with van der Waals surface area (Å²) in [6.45, 7) is 3.62. The molecule has 26 heavy (non-hydrogen) atoms. The topological polar surface area (TPSA) is 46.1 Å². The largest absolute Gasteiger partial charge is 0.337 e. The fourth-order valence-electron chi connectivity index (χ4n) is 3.34. The van der Waals surface area contributed by atoms with Crippen LogP contribution in [0, 0.1) is 6.92 Å². The third-order valence-electron chi connectivity index (χ3n) is 4.69. The Bertz CT molecular complexity index is 887. The lowest BCUT2D eigenvalue weighted by Crippen LogP contribution is -2.38. The Labute approximate surface area is 161 Å². The molecule has 4 rings (SSSR count). The molecule has 0 radical (unpaired) electrons. The molecule has 1 aromatic carbocycles. The summed E-state index contributed by atoms with van der Waals surface area (Å²) in [5, 5.41) is 10.9. The monoisotopic (exact) mass is 383 g/mol. The van der Waals surface area contributed by atoms with E-state index in [9.17, 15) is 4.79 Å². The Morgan fingerprint density at radius 1 is 1.15 bits per heavy atom. The standard InChI is InChI=1S/C20H21N3OS2/c1-14-9-10-17(25-14)20(24)23-11-5-8-16(13-23)19-22-21-18(26-19)12-15-6-3-2-4-7-15/h2-4,6-7,9-10,16H,5,8,11-13H2,1H3. The lowest BCUT2D eigenvalue weighted by molar-refractivity contribution is 0.0712. The van der Waals surface area contributed by atoms with Gasteiger partial charge in [0.2, 0.25) is 0 Å². The van der Waals surface area contributed by atoms with Crippen LogP contribution in [0.2, 0.25) is 0 Å². The SMILES string of the molecule is Cc1ccc(C(=O)N2CCCC(c3nnc(Cc4ccccc4)s3)C2)s1. The first-order valence-corrected chi connectivity index (χ1v) is 10.5. The van der Waals surface area contributed by atoms with Crippen LogP contribution in [0.5, 0.6) is 0 Å². The summed E-state index contributed by atoms with van der Waals surface area (Å²) >= 11 is 3.27. The summed E-state index contributed by atoms with van der Waals surface area (Å²) in [6, 6.07) is 14.3. The van der Waals surface area contributed by atoms with Crippen LogP contribution in [-0.4, -0.2) is 34.1 Å². The van der Waals surface area contributed by atoms with Gasteiger partial charge in [0, 0.05) is 30.3 Å². The molecule has 4 nitrogen and oxygen atoms in total. The molecular formula is C20H21N3OS2. The van der Waals surface area contributed by atoms with E-state index in [0.29, 0.717) is 5.92 Å². The molecule has 1 aliphatic heterocycles. The number of amides is 1. The number of rotatable bonds is 4. The number of benzene rings is 1. The molecule has 0 aliphatic carbocycles. The molecule has 3 heterocycles. The van der Waals surface area contributed by atoms with Gasteiger partial charge in [-0.15, -0.1) is 32.9 Å². The zero-order chi connectivity index (χ0) is 17.9. The molecule has 2 aromatic heterocycles. The number of thiophene rings is 1. The van der Waals surface area contributed by atoms with Crippen molar-refractivity contribution in [3.05, 3.63) is 67.8 Å². The molecule has 6 heteroatoms. The van der Waals surface area contributed by atoms with E-state index in [1.165, 1.54) is 10.4 Å². The summed E-state index contributed by atoms with van der Waals surface area (Å²) in [5.74, 6) is 0.456. The van der Waals surface area contributed by atoms with Gasteiger partial charge in [0.15, 0.2) is 0 Å². The number of nitrogens with zero attached hydrogens (tertiary/aromatic N) is 3. The van der Waals surface area contributed by atoms with Crippen LogP contribution < -0.4 is 0 Å². The minimum atomic E-state index is 0.154. The van der Waals surface area contributed by atoms with Crippen molar-refractivity contribution in [3.8, 4) is 0 Å². The van der Waals surface area contributed by atoms with Crippen molar-refractivity contribution in [2.45, 2.75) is 32.1 Å². The van der Waals surface area contributed by atoms with Gasteiger partial charge in [-0.1, -0.05) is 30.3 Å². The number of aromatic nitrogens is 2. The maximum absolute atomic E-state index is 12.7. The summed E-state index contributed by atoms with van der Waals surface area (Å²) < 4.78 is 0. The molecule has 0 N–H and O–H groups in total. The van der Waals surface area contributed by atoms with Crippen LogP contribution in [-0.2, 0) is 6.42 Å². The number of aryl methyl sites for hydroxylation is 1. The van der Waals surface area contributed by atoms with E-state index < -0.39 is 0 Å². The quantitative estimate of drug-likeness (QED) is 0.665. The number of carbonyl (C=O) groups excluding carboxylic acids is 1. The van der Waals surface area contributed by atoms with Gasteiger partial charge in [0.05, 0.1) is 4.88 Å². The predicted octanol–water partition coefficient (Wildman–Crippen LogP) is 4.52. The second-order valence-corrected chi connectivity index (χ2v) is 9.08. The van der Waals surface area contributed by atoms with E-state index in [1.807, 2.05) is 42.2 Å². The van der Waals surface area contributed by atoms with E-state index >= 15 is 0 Å². The number of piperidine rings is 1. The van der Waals surface area contributed by atoms with Crippen molar-refractivity contribution in [1.82, 2.24) is 15.1 Å². The highest BCUT2D eigenvalue weighted by Crippen LogP contribution is 2.31. The van der Waals surface area contributed by atoms with Crippen LogP contribution in [0.3, 0.4) is 0 Å². The van der Waals surface area contributed by atoms with Gasteiger partial charge in [-0.3, -0.25) is 4.79 Å². The van der Waals surface area contributed by atoms with Crippen LogP contribution in [0.4, 0.5) is 0 Å². The van der Waals surface area contributed by atoms with Gasteiger partial charge in [-0.2, -0.15) is 0 Å². The molecular weight excluding hydrogens is 362 g/mol. The minimum Gasteiger partial charge on any atom is -0.337 e. The molecule has 1 atom stereocenters. The Kier molecular flexibility index (Phi) is 5.13. The fraction of sp³-hybridized carbons (Fsp3) is 0.350. The first-order valence-electron chi connectivity index (χ1n) is 8.91. The molecule has 0 spiro atoms. The second kappa shape index (κ2) is 7.68. The summed E-state index contributed by atoms with van der Waals surface area (Å²) in [5.41, 5.74) is 1.25. The van der Waals surface area contributed by atoms with Gasteiger partial charge in [0.1, 0.15) is 10.0 Å². The Balaban J connectivity index is 1.44. The van der Waals surface area contributed by atoms with Gasteiger partial charge in [0.25, 0.3) is 5.91 Å². The van der Waals surface area contributed by atoms with Crippen LogP contribution in [0.15, 0.2) is 42.5 Å². The highest BCUT2D eigenvalue weighted by molar-refractivity contribution is 7.14. The van der Waals surface area contributed by atoms with E-state index in [4.69, 9.17) is 0 Å². The number of likely N-dealkylation sites (tertiary alicyclic amines) is 1. The molecule has 0 saturated carbocycles. The number of carbonyl (C=O) groups is 1. The average Bonchev–Trinajstić information content (AvgIpc) is 3.31. The summed E-state index contributed by atoms with van der Waals surface area (Å²) in [4.78, 5) is 16.7. The Hall–Kier alpha value is -2.05. The highest BCUT2D eigenvalue weighted by atomic mass is 32.1. The van der Waals surface area contributed by atoms with E-state index in [-0.39, 0.29) is 5.91 Å². The lowest BCUT2D eigenvalue weighted by atomic mass is 9.98. The van der Waals surface area contributed by atoms with Crippen molar-refractivity contribution in [3.63, 3.8) is 0 Å². The van der Waals surface area contributed by atoms with Gasteiger partial charge in [-0.25, -0.2) is 0 Å². The van der Waals surface area contributed by atoms with Crippen LogP contribution in [0.25, 0.3) is 0 Å². The molecule has 0 bridgehead atoms. The highest BCUT2D eigenvalue weighted by Gasteiger charge is 2.28. The predicted molar refractivity (Wildman–Crippen MR) is 106 cm³/mol. The van der Waals surface area contributed by atoms with Crippen LogP contribution in [0.1, 0.15) is 48.9 Å². The van der Waals surface area contributed by atoms with Gasteiger partial charge in [-0.05, 0) is 37.5 Å². The molecule has 1 saturated heterocycles. The first-order chi connectivity index (χ1) is 12.7. The van der Waals surface area contributed by atoms with E-state index in [1.54, 1.807) is 22.7 Å². The molecule has 1 fully saturated rings. The smallest absolute Gasteiger partial charge is 0.263 e. The lowest BCUT2D eigenvalue weighted by Gasteiger charge is -2.31. The molecule has 1 amide bonds. The van der Waals surface area contributed by atoms with E-state index in [2.05, 4.69) is 22.3 Å². The third kappa shape index (κ3) is 3.86. The summed E-state index contributed by atoms with van der Waals surface area (Å²) in [6.07, 6.45) is 2.92. The number of hydrogen-bond donors (Lipinski definition) is 0. The Morgan fingerprint density at radius 2 is 2.00 bits per heavy atom. The van der Waals surface area contributed by atoms with E-state index in [0.717, 1.165) is 47.2 Å². The Morgan fingerprint density at radius 3 is 2.77 bits per heavy atom. The van der Waals surface area contributed by atoms with Crippen molar-refractivity contribution < 1.29 is 4.79 Å². The van der Waals surface area contributed by atoms with Gasteiger partial charge < -0.3 is 4.90 Å². The zero-order valence-corrected chi connectivity index (χ0v) is 16.4. The maximum Gasteiger partial charge on any atom is 0.263 e. The molecule has 1 aliphatic rings. The summed E-state index contributed by atoms with van der Waals surface area (Å²) in [7, 11) is 0. The van der Waals surface area contributed by atoms with Crippen molar-refractivity contribution in [2.75, 3.05) is 13.1 Å². The van der Waals surface area contributed by atoms with Crippen LogP contribution >= 0.6 is 22.7 Å². The minimum absolute atomic E-state index is 0.154. The second-order valence-electron chi connectivity index (χ2n) is 6.70. The normalized spacial score (nSPS) is 17.4. The van der Waals surface area contributed by atoms with Crippen molar-refractivity contribution >= 4 is 28.6 Å². The van der Waals surface area contributed by atoms with Gasteiger partial charge >= 0.3 is 0 Å². The third-order valence-corrected chi connectivity index (χ3v) is 6.76. The fourth-order valence-corrected chi connectivity index (χ4v) is 5.18.